The first-order valence-electron chi connectivity index (χ1n) is 9.61. The molecule has 0 bridgehead atoms. The molecule has 5 nitrogen and oxygen atoms in total. The molecule has 1 amide bonds. The summed E-state index contributed by atoms with van der Waals surface area (Å²) in [5.41, 5.74) is 1.50. The second-order valence-corrected chi connectivity index (χ2v) is 8.06. The van der Waals surface area contributed by atoms with Crippen molar-refractivity contribution in [2.24, 2.45) is 11.3 Å². The van der Waals surface area contributed by atoms with Gasteiger partial charge in [0.1, 0.15) is 6.61 Å². The van der Waals surface area contributed by atoms with Crippen molar-refractivity contribution >= 4 is 18.5 Å². The molecule has 3 fully saturated rings. The summed E-state index contributed by atoms with van der Waals surface area (Å²) < 4.78 is 5.47. The topological polar surface area (TPSA) is 44.8 Å². The van der Waals surface area contributed by atoms with Crippen molar-refractivity contribution in [3.63, 3.8) is 0 Å². The Morgan fingerprint density at radius 2 is 1.92 bits per heavy atom. The Morgan fingerprint density at radius 3 is 2.58 bits per heavy atom. The molecule has 0 saturated carbocycles. The van der Waals surface area contributed by atoms with Crippen LogP contribution in [0.15, 0.2) is 30.3 Å². The van der Waals surface area contributed by atoms with Gasteiger partial charge in [0.25, 0.3) is 0 Å². The van der Waals surface area contributed by atoms with Crippen LogP contribution >= 0.6 is 12.4 Å². The number of ether oxygens (including phenoxy) is 1. The fraction of sp³-hybridized carbons (Fsp3) is 0.650. The monoisotopic (exact) mass is 379 g/mol. The molecular weight excluding hydrogens is 350 g/mol. The first kappa shape index (κ1) is 19.5. The average molecular weight is 380 g/mol. The Bertz CT molecular complexity index is 576. The number of likely N-dealkylation sites (tertiary alicyclic amines) is 2. The number of carbonyl (C=O) groups is 1. The molecule has 3 saturated heterocycles. The van der Waals surface area contributed by atoms with E-state index in [9.17, 15) is 4.79 Å². The zero-order valence-electron chi connectivity index (χ0n) is 15.4. The third kappa shape index (κ3) is 4.51. The van der Waals surface area contributed by atoms with E-state index in [1.165, 1.54) is 39.1 Å². The maximum Gasteiger partial charge on any atom is 0.410 e. The number of halogens is 1. The van der Waals surface area contributed by atoms with E-state index in [4.69, 9.17) is 4.74 Å². The van der Waals surface area contributed by atoms with E-state index in [1.54, 1.807) is 0 Å². The highest BCUT2D eigenvalue weighted by Crippen LogP contribution is 2.41. The number of nitrogens with zero attached hydrogens (tertiary/aromatic N) is 2. The van der Waals surface area contributed by atoms with Crippen LogP contribution in [0.1, 0.15) is 24.8 Å². The number of benzene rings is 1. The molecule has 1 unspecified atom stereocenters. The van der Waals surface area contributed by atoms with Gasteiger partial charge in [0.05, 0.1) is 0 Å². The lowest BCUT2D eigenvalue weighted by Crippen LogP contribution is -2.61. The van der Waals surface area contributed by atoms with Crippen LogP contribution in [0.2, 0.25) is 0 Å². The summed E-state index contributed by atoms with van der Waals surface area (Å²) in [5, 5.41) is 3.45. The van der Waals surface area contributed by atoms with E-state index in [2.05, 4.69) is 10.2 Å². The van der Waals surface area contributed by atoms with E-state index in [0.29, 0.717) is 12.0 Å². The summed E-state index contributed by atoms with van der Waals surface area (Å²) in [6.07, 6.45) is 3.40. The van der Waals surface area contributed by atoms with Gasteiger partial charge in [-0.05, 0) is 49.2 Å². The number of amides is 1. The van der Waals surface area contributed by atoms with Gasteiger partial charge in [0.2, 0.25) is 0 Å². The lowest BCUT2D eigenvalue weighted by atomic mass is 9.71. The number of carbonyl (C=O) groups excluding carboxylic acids is 1. The summed E-state index contributed by atoms with van der Waals surface area (Å²) in [6, 6.07) is 9.89. The van der Waals surface area contributed by atoms with Crippen LogP contribution in [0.25, 0.3) is 0 Å². The van der Waals surface area contributed by atoms with Crippen molar-refractivity contribution in [3.05, 3.63) is 35.9 Å². The molecule has 4 rings (SSSR count). The van der Waals surface area contributed by atoms with Crippen molar-refractivity contribution in [1.29, 1.82) is 0 Å². The van der Waals surface area contributed by atoms with E-state index >= 15 is 0 Å². The molecule has 0 aliphatic carbocycles. The average Bonchev–Trinajstić information content (AvgIpc) is 3.13. The van der Waals surface area contributed by atoms with E-state index < -0.39 is 0 Å². The molecule has 3 heterocycles. The summed E-state index contributed by atoms with van der Waals surface area (Å²) in [4.78, 5) is 16.8. The van der Waals surface area contributed by atoms with E-state index in [0.717, 1.165) is 37.4 Å². The minimum Gasteiger partial charge on any atom is -0.445 e. The Labute approximate surface area is 162 Å². The normalized spacial score (nSPS) is 24.8. The molecule has 3 aliphatic heterocycles. The molecule has 0 radical (unpaired) electrons. The highest BCUT2D eigenvalue weighted by atomic mass is 35.5. The fourth-order valence-corrected chi connectivity index (χ4v) is 4.56. The van der Waals surface area contributed by atoms with Gasteiger partial charge in [-0.3, -0.25) is 0 Å². The number of hydrogen-bond acceptors (Lipinski definition) is 4. The summed E-state index contributed by atoms with van der Waals surface area (Å²) in [7, 11) is 0. The molecule has 1 atom stereocenters. The zero-order valence-corrected chi connectivity index (χ0v) is 16.2. The number of hydrogen-bond donors (Lipinski definition) is 1. The van der Waals surface area contributed by atoms with Crippen LogP contribution in [0, 0.1) is 11.3 Å². The van der Waals surface area contributed by atoms with Gasteiger partial charge in [-0.15, -0.1) is 12.4 Å². The summed E-state index contributed by atoms with van der Waals surface area (Å²) in [5.74, 6) is 0.838. The second kappa shape index (κ2) is 8.59. The molecule has 0 aromatic heterocycles. The lowest BCUT2D eigenvalue weighted by Gasteiger charge is -2.54. The molecule has 26 heavy (non-hydrogen) atoms. The van der Waals surface area contributed by atoms with Gasteiger partial charge in [-0.2, -0.15) is 0 Å². The Morgan fingerprint density at radius 1 is 1.19 bits per heavy atom. The van der Waals surface area contributed by atoms with Gasteiger partial charge < -0.3 is 19.9 Å². The van der Waals surface area contributed by atoms with Gasteiger partial charge in [-0.25, -0.2) is 4.79 Å². The van der Waals surface area contributed by atoms with Crippen LogP contribution in [0.4, 0.5) is 4.79 Å². The predicted molar refractivity (Wildman–Crippen MR) is 105 cm³/mol. The molecule has 144 valence electrons. The smallest absolute Gasteiger partial charge is 0.410 e. The van der Waals surface area contributed by atoms with Crippen LogP contribution in [-0.4, -0.2) is 61.7 Å². The number of piperidine rings is 1. The van der Waals surface area contributed by atoms with Gasteiger partial charge >= 0.3 is 6.09 Å². The Hall–Kier alpha value is -1.30. The Balaban J connectivity index is 0.00000196. The maximum absolute atomic E-state index is 12.3. The quantitative estimate of drug-likeness (QED) is 0.873. The Kier molecular flexibility index (Phi) is 6.43. The third-order valence-electron chi connectivity index (χ3n) is 6.08. The van der Waals surface area contributed by atoms with Crippen molar-refractivity contribution in [1.82, 2.24) is 15.1 Å². The molecule has 1 aromatic rings. The molecule has 1 N–H and O–H groups in total. The maximum atomic E-state index is 12.3. The van der Waals surface area contributed by atoms with Crippen molar-refractivity contribution < 1.29 is 9.53 Å². The second-order valence-electron chi connectivity index (χ2n) is 8.06. The minimum absolute atomic E-state index is 0. The molecular formula is C20H30ClN3O2. The first-order valence-corrected chi connectivity index (χ1v) is 9.61. The zero-order chi connectivity index (χ0) is 17.1. The van der Waals surface area contributed by atoms with E-state index in [1.807, 2.05) is 35.2 Å². The SMILES string of the molecule is Cl.O=C(OCc1ccccc1)N1CCC2(CC1)CN(CC1CCNC1)C2. The van der Waals surface area contributed by atoms with Crippen molar-refractivity contribution in [2.45, 2.75) is 25.9 Å². The van der Waals surface area contributed by atoms with Crippen molar-refractivity contribution in [3.8, 4) is 0 Å². The minimum atomic E-state index is -0.160. The standard InChI is InChI=1S/C20H29N3O2.ClH/c24-19(25-14-17-4-2-1-3-5-17)23-10-7-20(8-11-23)15-22(16-20)13-18-6-9-21-12-18;/h1-5,18,21H,6-16H2;1H. The fourth-order valence-electron chi connectivity index (χ4n) is 4.56. The van der Waals surface area contributed by atoms with Crippen molar-refractivity contribution in [2.75, 3.05) is 45.8 Å². The third-order valence-corrected chi connectivity index (χ3v) is 6.08. The number of rotatable bonds is 4. The highest BCUT2D eigenvalue weighted by molar-refractivity contribution is 5.85. The van der Waals surface area contributed by atoms with Gasteiger partial charge in [0, 0.05) is 32.7 Å². The van der Waals surface area contributed by atoms with Crippen LogP contribution < -0.4 is 5.32 Å². The van der Waals surface area contributed by atoms with Gasteiger partial charge in [-0.1, -0.05) is 30.3 Å². The number of nitrogens with one attached hydrogen (secondary N) is 1. The van der Waals surface area contributed by atoms with Crippen LogP contribution in [0.3, 0.4) is 0 Å². The highest BCUT2D eigenvalue weighted by Gasteiger charge is 2.45. The van der Waals surface area contributed by atoms with Crippen LogP contribution in [-0.2, 0) is 11.3 Å². The molecule has 1 aromatic carbocycles. The lowest BCUT2D eigenvalue weighted by molar-refractivity contribution is -0.0506. The molecule has 3 aliphatic rings. The van der Waals surface area contributed by atoms with Crippen LogP contribution in [0.5, 0.6) is 0 Å². The van der Waals surface area contributed by atoms with E-state index in [-0.39, 0.29) is 18.5 Å². The largest absolute Gasteiger partial charge is 0.445 e. The first-order chi connectivity index (χ1) is 12.2. The molecule has 6 heteroatoms. The summed E-state index contributed by atoms with van der Waals surface area (Å²) >= 11 is 0. The molecule has 1 spiro atoms. The van der Waals surface area contributed by atoms with Gasteiger partial charge in [0.15, 0.2) is 0 Å². The predicted octanol–water partition coefficient (Wildman–Crippen LogP) is 2.75. The summed E-state index contributed by atoms with van der Waals surface area (Å²) in [6.45, 7) is 8.10.